The second-order valence-electron chi connectivity index (χ2n) is 7.79. The second kappa shape index (κ2) is 10.3. The van der Waals surface area contributed by atoms with E-state index in [0.29, 0.717) is 6.54 Å². The third kappa shape index (κ3) is 6.10. The van der Waals surface area contributed by atoms with Gasteiger partial charge < -0.3 is 10.1 Å². The highest BCUT2D eigenvalue weighted by atomic mass is 16.5. The van der Waals surface area contributed by atoms with E-state index in [0.717, 1.165) is 24.4 Å². The van der Waals surface area contributed by atoms with Gasteiger partial charge in [0.2, 0.25) is 0 Å². The van der Waals surface area contributed by atoms with Gasteiger partial charge in [0, 0.05) is 6.54 Å². The number of likely N-dealkylation sites (tertiary alicyclic amines) is 1. The van der Waals surface area contributed by atoms with Crippen LogP contribution in [0, 0.1) is 13.8 Å². The number of nitrogens with zero attached hydrogens (tertiary/aromatic N) is 1. The molecule has 4 nitrogen and oxygen atoms in total. The number of benzene rings is 2. The standard InChI is InChI=1S/C24H32N2O2/c1-19-10-12-21(13-11-19)23(26-14-5-3-4-6-15-26)17-25-24(27)18-28-22-9-7-8-20(2)16-22/h7-13,16,23H,3-6,14-15,17-18H2,1-2H3,(H,25,27)/t23-/m1/s1. The molecule has 1 saturated heterocycles. The van der Waals surface area contributed by atoms with E-state index in [9.17, 15) is 4.79 Å². The van der Waals surface area contributed by atoms with Gasteiger partial charge >= 0.3 is 0 Å². The lowest BCUT2D eigenvalue weighted by Gasteiger charge is -2.31. The molecule has 150 valence electrons. The van der Waals surface area contributed by atoms with Crippen LogP contribution in [-0.2, 0) is 4.79 Å². The summed E-state index contributed by atoms with van der Waals surface area (Å²) < 4.78 is 5.64. The molecule has 1 fully saturated rings. The van der Waals surface area contributed by atoms with Gasteiger partial charge in [-0.1, -0.05) is 54.8 Å². The van der Waals surface area contributed by atoms with Gasteiger partial charge in [-0.15, -0.1) is 0 Å². The molecule has 0 bridgehead atoms. The summed E-state index contributed by atoms with van der Waals surface area (Å²) >= 11 is 0. The SMILES string of the molecule is Cc1ccc([C@@H](CNC(=O)COc2cccc(C)c2)N2CCCCCC2)cc1. The molecule has 3 rings (SSSR count). The van der Waals surface area contributed by atoms with Gasteiger partial charge in [0.05, 0.1) is 6.04 Å². The molecule has 1 atom stereocenters. The van der Waals surface area contributed by atoms with Crippen molar-refractivity contribution in [2.75, 3.05) is 26.2 Å². The van der Waals surface area contributed by atoms with E-state index in [4.69, 9.17) is 4.74 Å². The maximum Gasteiger partial charge on any atom is 0.258 e. The van der Waals surface area contributed by atoms with E-state index in [1.54, 1.807) is 0 Å². The lowest BCUT2D eigenvalue weighted by atomic mass is 10.0. The summed E-state index contributed by atoms with van der Waals surface area (Å²) in [5.41, 5.74) is 3.65. The molecular weight excluding hydrogens is 348 g/mol. The average molecular weight is 381 g/mol. The first-order valence-electron chi connectivity index (χ1n) is 10.4. The summed E-state index contributed by atoms with van der Waals surface area (Å²) in [7, 11) is 0. The molecule has 2 aromatic rings. The molecule has 1 aliphatic rings. The molecule has 0 radical (unpaired) electrons. The number of carbonyl (C=O) groups excluding carboxylic acids is 1. The zero-order chi connectivity index (χ0) is 19.8. The summed E-state index contributed by atoms with van der Waals surface area (Å²) in [4.78, 5) is 14.9. The molecule has 0 saturated carbocycles. The van der Waals surface area contributed by atoms with Crippen molar-refractivity contribution in [1.82, 2.24) is 10.2 Å². The van der Waals surface area contributed by atoms with Crippen LogP contribution in [0.1, 0.15) is 48.4 Å². The Bertz CT molecular complexity index is 749. The number of hydrogen-bond acceptors (Lipinski definition) is 3. The van der Waals surface area contributed by atoms with Gasteiger partial charge in [-0.3, -0.25) is 9.69 Å². The van der Waals surface area contributed by atoms with Crippen LogP contribution in [0.5, 0.6) is 5.75 Å². The highest BCUT2D eigenvalue weighted by Gasteiger charge is 2.22. The van der Waals surface area contributed by atoms with Crippen molar-refractivity contribution in [3.63, 3.8) is 0 Å². The fraction of sp³-hybridized carbons (Fsp3) is 0.458. The van der Waals surface area contributed by atoms with Crippen LogP contribution in [0.2, 0.25) is 0 Å². The third-order valence-electron chi connectivity index (χ3n) is 5.40. The molecule has 28 heavy (non-hydrogen) atoms. The minimum Gasteiger partial charge on any atom is -0.484 e. The van der Waals surface area contributed by atoms with E-state index in [2.05, 4.69) is 41.4 Å². The highest BCUT2D eigenvalue weighted by molar-refractivity contribution is 5.77. The Balaban J connectivity index is 1.60. The van der Waals surface area contributed by atoms with Crippen molar-refractivity contribution in [3.05, 3.63) is 65.2 Å². The van der Waals surface area contributed by atoms with Gasteiger partial charge in [0.1, 0.15) is 5.75 Å². The number of rotatable bonds is 7. The number of amides is 1. The van der Waals surface area contributed by atoms with Gasteiger partial charge in [0.25, 0.3) is 5.91 Å². The summed E-state index contributed by atoms with van der Waals surface area (Å²) in [6, 6.07) is 16.7. The lowest BCUT2D eigenvalue weighted by molar-refractivity contribution is -0.123. The van der Waals surface area contributed by atoms with Crippen molar-refractivity contribution in [1.29, 1.82) is 0 Å². The highest BCUT2D eigenvalue weighted by Crippen LogP contribution is 2.24. The molecule has 2 aromatic carbocycles. The Morgan fingerprint density at radius 2 is 1.71 bits per heavy atom. The first kappa shape index (κ1) is 20.4. The predicted octanol–water partition coefficient (Wildman–Crippen LogP) is 4.42. The smallest absolute Gasteiger partial charge is 0.258 e. The molecule has 0 spiro atoms. The number of nitrogens with one attached hydrogen (secondary N) is 1. The van der Waals surface area contributed by atoms with Crippen LogP contribution < -0.4 is 10.1 Å². The van der Waals surface area contributed by atoms with Gasteiger partial charge in [-0.05, 0) is 63.0 Å². The van der Waals surface area contributed by atoms with Crippen LogP contribution in [-0.4, -0.2) is 37.0 Å². The molecule has 4 heteroatoms. The zero-order valence-corrected chi connectivity index (χ0v) is 17.1. The quantitative estimate of drug-likeness (QED) is 0.773. The number of ether oxygens (including phenoxy) is 1. The number of hydrogen-bond donors (Lipinski definition) is 1. The molecule has 1 aliphatic heterocycles. The van der Waals surface area contributed by atoms with E-state index in [1.807, 2.05) is 31.2 Å². The first-order valence-corrected chi connectivity index (χ1v) is 10.4. The Kier molecular flexibility index (Phi) is 7.49. The fourth-order valence-electron chi connectivity index (χ4n) is 3.77. The van der Waals surface area contributed by atoms with Crippen molar-refractivity contribution < 1.29 is 9.53 Å². The topological polar surface area (TPSA) is 41.6 Å². The summed E-state index contributed by atoms with van der Waals surface area (Å²) in [6.07, 6.45) is 5.06. The van der Waals surface area contributed by atoms with Crippen molar-refractivity contribution in [2.45, 2.75) is 45.6 Å². The molecule has 1 N–H and O–H groups in total. The maximum atomic E-state index is 12.4. The Morgan fingerprint density at radius 3 is 2.39 bits per heavy atom. The second-order valence-corrected chi connectivity index (χ2v) is 7.79. The molecule has 0 aliphatic carbocycles. The van der Waals surface area contributed by atoms with E-state index < -0.39 is 0 Å². The van der Waals surface area contributed by atoms with Crippen LogP contribution >= 0.6 is 0 Å². The van der Waals surface area contributed by atoms with E-state index in [1.165, 1.54) is 36.8 Å². The van der Waals surface area contributed by atoms with Crippen LogP contribution in [0.3, 0.4) is 0 Å². The fourth-order valence-corrected chi connectivity index (χ4v) is 3.77. The molecule has 1 amide bonds. The largest absolute Gasteiger partial charge is 0.484 e. The summed E-state index contributed by atoms with van der Waals surface area (Å²) in [5, 5.41) is 3.09. The van der Waals surface area contributed by atoms with Crippen LogP contribution in [0.15, 0.2) is 48.5 Å². The average Bonchev–Trinajstić information content (AvgIpc) is 2.97. The minimum atomic E-state index is -0.0755. The van der Waals surface area contributed by atoms with E-state index >= 15 is 0 Å². The number of aryl methyl sites for hydroxylation is 2. The van der Waals surface area contributed by atoms with Crippen molar-refractivity contribution in [3.8, 4) is 5.75 Å². The monoisotopic (exact) mass is 380 g/mol. The predicted molar refractivity (Wildman–Crippen MR) is 114 cm³/mol. The van der Waals surface area contributed by atoms with Crippen molar-refractivity contribution in [2.24, 2.45) is 0 Å². The van der Waals surface area contributed by atoms with Gasteiger partial charge in [-0.25, -0.2) is 0 Å². The summed E-state index contributed by atoms with van der Waals surface area (Å²) in [5.74, 6) is 0.659. The lowest BCUT2D eigenvalue weighted by Crippen LogP contribution is -2.40. The molecular formula is C24H32N2O2. The third-order valence-corrected chi connectivity index (χ3v) is 5.40. The maximum absolute atomic E-state index is 12.4. The van der Waals surface area contributed by atoms with Gasteiger partial charge in [0.15, 0.2) is 6.61 Å². The Hall–Kier alpha value is -2.33. The zero-order valence-electron chi connectivity index (χ0n) is 17.1. The van der Waals surface area contributed by atoms with Crippen LogP contribution in [0.25, 0.3) is 0 Å². The molecule has 0 aromatic heterocycles. The Morgan fingerprint density at radius 1 is 1.00 bits per heavy atom. The van der Waals surface area contributed by atoms with Crippen molar-refractivity contribution >= 4 is 5.91 Å². The summed E-state index contributed by atoms with van der Waals surface area (Å²) in [6.45, 7) is 6.96. The number of carbonyl (C=O) groups is 1. The molecule has 0 unspecified atom stereocenters. The molecule has 1 heterocycles. The first-order chi connectivity index (χ1) is 13.6. The minimum absolute atomic E-state index is 0.0457. The Labute approximate surface area is 168 Å². The van der Waals surface area contributed by atoms with Gasteiger partial charge in [-0.2, -0.15) is 0 Å². The van der Waals surface area contributed by atoms with Crippen LogP contribution in [0.4, 0.5) is 0 Å². The van der Waals surface area contributed by atoms with E-state index in [-0.39, 0.29) is 18.6 Å². The normalized spacial score (nSPS) is 16.2.